The highest BCUT2D eigenvalue weighted by Gasteiger charge is 2.39. The zero-order valence-corrected chi connectivity index (χ0v) is 13.4. The van der Waals surface area contributed by atoms with E-state index in [4.69, 9.17) is 11.5 Å². The molecule has 0 amide bonds. The van der Waals surface area contributed by atoms with Gasteiger partial charge in [-0.05, 0) is 38.0 Å². The van der Waals surface area contributed by atoms with Gasteiger partial charge in [-0.1, -0.05) is 30.3 Å². The standard InChI is InChI=1S/C16H20N2O4.ClH/c17-11-5-4-10-16(18,15(21)22)14(20)9-8-13(19)12-6-2-1-3-7-12;/h1-3,6-9H,4-5,10-11,17-18H2,(H,21,22);1H/b9-8+;/t16-;/m0./s1. The quantitative estimate of drug-likeness (QED) is 0.269. The van der Waals surface area contributed by atoms with E-state index >= 15 is 0 Å². The first kappa shape index (κ1) is 21.0. The molecule has 6 nitrogen and oxygen atoms in total. The first-order valence-corrected chi connectivity index (χ1v) is 6.96. The topological polar surface area (TPSA) is 123 Å². The number of hydrogen-bond acceptors (Lipinski definition) is 5. The maximum atomic E-state index is 12.1. The Morgan fingerprint density at radius 2 is 1.70 bits per heavy atom. The van der Waals surface area contributed by atoms with Gasteiger partial charge in [0.2, 0.25) is 0 Å². The van der Waals surface area contributed by atoms with Gasteiger partial charge in [0.15, 0.2) is 17.1 Å². The number of carbonyl (C=O) groups is 3. The predicted octanol–water partition coefficient (Wildman–Crippen LogP) is 1.33. The minimum atomic E-state index is -2.03. The van der Waals surface area contributed by atoms with E-state index in [9.17, 15) is 19.5 Å². The van der Waals surface area contributed by atoms with Crippen LogP contribution in [0.3, 0.4) is 0 Å². The largest absolute Gasteiger partial charge is 0.480 e. The number of benzene rings is 1. The minimum absolute atomic E-state index is 0. The van der Waals surface area contributed by atoms with Crippen LogP contribution in [0.1, 0.15) is 29.6 Å². The molecule has 0 saturated heterocycles. The summed E-state index contributed by atoms with van der Waals surface area (Å²) in [5.41, 5.74) is 9.42. The van der Waals surface area contributed by atoms with Gasteiger partial charge in [0.05, 0.1) is 0 Å². The van der Waals surface area contributed by atoms with Crippen LogP contribution in [-0.4, -0.2) is 34.7 Å². The number of carboxylic acid groups (broad SMARTS) is 1. The zero-order chi connectivity index (χ0) is 16.6. The molecule has 126 valence electrons. The normalized spacial score (nSPS) is 13.1. The van der Waals surface area contributed by atoms with Crippen molar-refractivity contribution in [2.24, 2.45) is 11.5 Å². The molecule has 0 radical (unpaired) electrons. The van der Waals surface area contributed by atoms with Gasteiger partial charge in [-0.3, -0.25) is 9.59 Å². The van der Waals surface area contributed by atoms with Crippen LogP contribution in [0.2, 0.25) is 0 Å². The number of nitrogens with two attached hydrogens (primary N) is 2. The van der Waals surface area contributed by atoms with Crippen molar-refractivity contribution < 1.29 is 19.5 Å². The third-order valence-corrected chi connectivity index (χ3v) is 3.29. The van der Waals surface area contributed by atoms with Gasteiger partial charge in [-0.2, -0.15) is 0 Å². The van der Waals surface area contributed by atoms with Crippen molar-refractivity contribution in [1.82, 2.24) is 0 Å². The molecule has 0 aliphatic heterocycles. The number of carboxylic acids is 1. The molecule has 0 aliphatic rings. The Morgan fingerprint density at radius 1 is 1.09 bits per heavy atom. The van der Waals surface area contributed by atoms with Crippen molar-refractivity contribution >= 4 is 29.9 Å². The fourth-order valence-electron chi connectivity index (χ4n) is 1.88. The third kappa shape index (κ3) is 5.94. The van der Waals surface area contributed by atoms with E-state index in [2.05, 4.69) is 0 Å². The molecule has 7 heteroatoms. The molecule has 5 N–H and O–H groups in total. The molecule has 0 fully saturated rings. The second-order valence-corrected chi connectivity index (χ2v) is 4.95. The monoisotopic (exact) mass is 340 g/mol. The summed E-state index contributed by atoms with van der Waals surface area (Å²) in [4.78, 5) is 35.2. The average molecular weight is 341 g/mol. The molecular weight excluding hydrogens is 320 g/mol. The molecule has 1 aromatic rings. The second-order valence-electron chi connectivity index (χ2n) is 4.95. The molecule has 0 heterocycles. The van der Waals surface area contributed by atoms with Crippen LogP contribution in [0, 0.1) is 0 Å². The summed E-state index contributed by atoms with van der Waals surface area (Å²) in [5.74, 6) is -2.60. The van der Waals surface area contributed by atoms with Crippen molar-refractivity contribution in [2.75, 3.05) is 6.54 Å². The Labute approximate surface area is 141 Å². The Bertz CT molecular complexity index is 575. The van der Waals surface area contributed by atoms with Crippen molar-refractivity contribution in [2.45, 2.75) is 24.8 Å². The fraction of sp³-hybridized carbons (Fsp3) is 0.312. The SMILES string of the molecule is Cl.NCCCC[C@@](N)(C(=O)O)C(=O)/C=C/C(=O)c1ccccc1. The van der Waals surface area contributed by atoms with Gasteiger partial charge in [0.25, 0.3) is 0 Å². The second kappa shape index (κ2) is 9.89. The highest BCUT2D eigenvalue weighted by atomic mass is 35.5. The van der Waals surface area contributed by atoms with Crippen LogP contribution >= 0.6 is 12.4 Å². The number of aliphatic carboxylic acids is 1. The highest BCUT2D eigenvalue weighted by Crippen LogP contribution is 2.14. The van der Waals surface area contributed by atoms with Gasteiger partial charge in [0.1, 0.15) is 0 Å². The van der Waals surface area contributed by atoms with Gasteiger partial charge in [0, 0.05) is 5.56 Å². The van der Waals surface area contributed by atoms with E-state index < -0.39 is 17.3 Å². The summed E-state index contributed by atoms with van der Waals surface area (Å²) < 4.78 is 0. The van der Waals surface area contributed by atoms with Crippen LogP contribution in [0.25, 0.3) is 0 Å². The summed E-state index contributed by atoms with van der Waals surface area (Å²) in [6.45, 7) is 0.395. The third-order valence-electron chi connectivity index (χ3n) is 3.29. The van der Waals surface area contributed by atoms with Crippen molar-refractivity contribution in [3.63, 3.8) is 0 Å². The molecular formula is C16H21ClN2O4. The van der Waals surface area contributed by atoms with Crippen LogP contribution < -0.4 is 11.5 Å². The Balaban J connectivity index is 0.00000484. The number of allylic oxidation sites excluding steroid dienone is 1. The van der Waals surface area contributed by atoms with E-state index in [0.717, 1.165) is 12.2 Å². The molecule has 1 atom stereocenters. The zero-order valence-electron chi connectivity index (χ0n) is 12.6. The van der Waals surface area contributed by atoms with Gasteiger partial charge < -0.3 is 16.6 Å². The van der Waals surface area contributed by atoms with E-state index in [1.165, 1.54) is 0 Å². The number of hydrogen-bond donors (Lipinski definition) is 3. The number of unbranched alkanes of at least 4 members (excludes halogenated alkanes) is 1. The first-order chi connectivity index (χ1) is 10.4. The molecule has 0 spiro atoms. The molecule has 1 rings (SSSR count). The van der Waals surface area contributed by atoms with Gasteiger partial charge in [-0.15, -0.1) is 12.4 Å². The lowest BCUT2D eigenvalue weighted by molar-refractivity contribution is -0.147. The molecule has 1 aromatic carbocycles. The lowest BCUT2D eigenvalue weighted by Gasteiger charge is -2.21. The summed E-state index contributed by atoms with van der Waals surface area (Å²) in [6, 6.07) is 8.36. The number of carbonyl (C=O) groups excluding carboxylic acids is 2. The summed E-state index contributed by atoms with van der Waals surface area (Å²) in [6.07, 6.45) is 2.96. The van der Waals surface area contributed by atoms with E-state index in [1.807, 2.05) is 0 Å². The lowest BCUT2D eigenvalue weighted by Crippen LogP contribution is -2.54. The summed E-state index contributed by atoms with van der Waals surface area (Å²) in [7, 11) is 0. The van der Waals surface area contributed by atoms with Crippen molar-refractivity contribution in [3.8, 4) is 0 Å². The van der Waals surface area contributed by atoms with Crippen LogP contribution in [0.5, 0.6) is 0 Å². The maximum Gasteiger partial charge on any atom is 0.331 e. The molecule has 23 heavy (non-hydrogen) atoms. The summed E-state index contributed by atoms with van der Waals surface area (Å²) >= 11 is 0. The Hall–Kier alpha value is -2.02. The van der Waals surface area contributed by atoms with Crippen LogP contribution in [0.15, 0.2) is 42.5 Å². The van der Waals surface area contributed by atoms with E-state index in [0.29, 0.717) is 24.9 Å². The van der Waals surface area contributed by atoms with Crippen molar-refractivity contribution in [3.05, 3.63) is 48.0 Å². The van der Waals surface area contributed by atoms with Gasteiger partial charge >= 0.3 is 5.97 Å². The average Bonchev–Trinajstić information content (AvgIpc) is 2.52. The summed E-state index contributed by atoms with van der Waals surface area (Å²) in [5, 5.41) is 9.19. The minimum Gasteiger partial charge on any atom is -0.480 e. The number of ketones is 2. The molecule has 0 unspecified atom stereocenters. The first-order valence-electron chi connectivity index (χ1n) is 6.96. The van der Waals surface area contributed by atoms with E-state index in [1.54, 1.807) is 30.3 Å². The van der Waals surface area contributed by atoms with Crippen LogP contribution in [0.4, 0.5) is 0 Å². The smallest absolute Gasteiger partial charge is 0.331 e. The lowest BCUT2D eigenvalue weighted by atomic mass is 9.88. The molecule has 0 saturated carbocycles. The highest BCUT2D eigenvalue weighted by molar-refractivity contribution is 6.16. The fourth-order valence-corrected chi connectivity index (χ4v) is 1.88. The van der Waals surface area contributed by atoms with Crippen LogP contribution in [-0.2, 0) is 9.59 Å². The molecule has 0 bridgehead atoms. The molecule has 0 aliphatic carbocycles. The Morgan fingerprint density at radius 3 is 2.22 bits per heavy atom. The maximum absolute atomic E-state index is 12.1. The number of rotatable bonds is 9. The number of halogens is 1. The van der Waals surface area contributed by atoms with E-state index in [-0.39, 0.29) is 24.6 Å². The Kier molecular flexibility index (Phi) is 9.02. The van der Waals surface area contributed by atoms with Gasteiger partial charge in [-0.25, -0.2) is 4.79 Å². The van der Waals surface area contributed by atoms with Crippen molar-refractivity contribution in [1.29, 1.82) is 0 Å². The predicted molar refractivity (Wildman–Crippen MR) is 89.6 cm³/mol. The molecule has 0 aromatic heterocycles.